The minimum atomic E-state index is 0.229. The van der Waals surface area contributed by atoms with Crippen LogP contribution in [-0.2, 0) is 6.54 Å². The lowest BCUT2D eigenvalue weighted by molar-refractivity contribution is 0.325. The van der Waals surface area contributed by atoms with E-state index in [0.29, 0.717) is 6.42 Å². The second-order valence-corrected chi connectivity index (χ2v) is 3.82. The molecule has 0 spiro atoms. The van der Waals surface area contributed by atoms with Crippen LogP contribution >= 0.6 is 0 Å². The van der Waals surface area contributed by atoms with Crippen LogP contribution in [0.2, 0.25) is 0 Å². The van der Waals surface area contributed by atoms with Crippen molar-refractivity contribution in [1.82, 2.24) is 4.90 Å². The predicted octanol–water partition coefficient (Wildman–Crippen LogP) is 1.45. The van der Waals surface area contributed by atoms with Gasteiger partial charge in [0.15, 0.2) is 0 Å². The Morgan fingerprint density at radius 3 is 2.75 bits per heavy atom. The first-order valence-corrected chi connectivity index (χ1v) is 5.27. The highest BCUT2D eigenvalue weighted by molar-refractivity contribution is 5.76. The summed E-state index contributed by atoms with van der Waals surface area (Å²) in [6.07, 6.45) is 0.603. The Balaban J connectivity index is 2.55. The van der Waals surface area contributed by atoms with E-state index in [9.17, 15) is 0 Å². The van der Waals surface area contributed by atoms with Gasteiger partial charge in [0.25, 0.3) is 0 Å². The Bertz CT molecular complexity index is 352. The van der Waals surface area contributed by atoms with Crippen LogP contribution in [0.4, 0.5) is 0 Å². The summed E-state index contributed by atoms with van der Waals surface area (Å²) in [7, 11) is 3.68. The molecule has 0 aliphatic carbocycles. The lowest BCUT2D eigenvalue weighted by Crippen LogP contribution is -2.24. The van der Waals surface area contributed by atoms with Gasteiger partial charge in [0.2, 0.25) is 0 Å². The maximum Gasteiger partial charge on any atom is 0.123 e. The molecule has 16 heavy (non-hydrogen) atoms. The first-order chi connectivity index (χ1) is 7.63. The average Bonchev–Trinajstić information content (AvgIpc) is 2.27. The maximum absolute atomic E-state index is 7.17. The molecule has 1 aromatic rings. The third-order valence-electron chi connectivity index (χ3n) is 2.40. The highest BCUT2D eigenvalue weighted by atomic mass is 16.5. The van der Waals surface area contributed by atoms with Gasteiger partial charge in [-0.15, -0.1) is 0 Å². The topological polar surface area (TPSA) is 62.3 Å². The van der Waals surface area contributed by atoms with E-state index in [1.807, 2.05) is 31.3 Å². The highest BCUT2D eigenvalue weighted by Gasteiger charge is 2.05. The van der Waals surface area contributed by atoms with E-state index in [4.69, 9.17) is 15.9 Å². The number of nitrogens with zero attached hydrogens (tertiary/aromatic N) is 1. The molecule has 0 saturated heterocycles. The lowest BCUT2D eigenvalue weighted by Gasteiger charge is -2.17. The fraction of sp³-hybridized carbons (Fsp3) is 0.417. The van der Waals surface area contributed by atoms with Gasteiger partial charge in [-0.2, -0.15) is 0 Å². The average molecular weight is 221 g/mol. The molecular weight excluding hydrogens is 202 g/mol. The van der Waals surface area contributed by atoms with Crippen molar-refractivity contribution in [2.45, 2.75) is 13.0 Å². The van der Waals surface area contributed by atoms with Crippen molar-refractivity contribution in [1.29, 1.82) is 5.41 Å². The third-order valence-corrected chi connectivity index (χ3v) is 2.40. The van der Waals surface area contributed by atoms with E-state index < -0.39 is 0 Å². The van der Waals surface area contributed by atoms with E-state index in [-0.39, 0.29) is 5.84 Å². The van der Waals surface area contributed by atoms with Crippen LogP contribution in [-0.4, -0.2) is 31.4 Å². The summed E-state index contributed by atoms with van der Waals surface area (Å²) < 4.78 is 5.28. The van der Waals surface area contributed by atoms with Gasteiger partial charge in [-0.1, -0.05) is 18.2 Å². The van der Waals surface area contributed by atoms with Gasteiger partial charge < -0.3 is 15.4 Å². The van der Waals surface area contributed by atoms with Crippen molar-refractivity contribution in [3.63, 3.8) is 0 Å². The van der Waals surface area contributed by atoms with Crippen molar-refractivity contribution >= 4 is 5.84 Å². The minimum Gasteiger partial charge on any atom is -0.496 e. The standard InChI is InChI=1S/C12H19N3O/c1-15(8-7-12(13)14)9-10-5-3-4-6-11(10)16-2/h3-6H,7-9H2,1-2H3,(H3,13,14). The molecule has 88 valence electrons. The molecule has 0 aromatic heterocycles. The number of hydrogen-bond acceptors (Lipinski definition) is 3. The van der Waals surface area contributed by atoms with Crippen LogP contribution in [0.1, 0.15) is 12.0 Å². The number of methoxy groups -OCH3 is 1. The molecule has 3 N–H and O–H groups in total. The van der Waals surface area contributed by atoms with Gasteiger partial charge in [-0.25, -0.2) is 0 Å². The second-order valence-electron chi connectivity index (χ2n) is 3.82. The van der Waals surface area contributed by atoms with Crippen LogP contribution in [0.15, 0.2) is 24.3 Å². The summed E-state index contributed by atoms with van der Waals surface area (Å²) in [5.74, 6) is 1.13. The van der Waals surface area contributed by atoms with Gasteiger partial charge in [0.05, 0.1) is 12.9 Å². The molecule has 0 heterocycles. The number of hydrogen-bond donors (Lipinski definition) is 2. The summed E-state index contributed by atoms with van der Waals surface area (Å²) in [4.78, 5) is 2.12. The number of rotatable bonds is 6. The number of benzene rings is 1. The molecule has 0 bridgehead atoms. The number of para-hydroxylation sites is 1. The van der Waals surface area contributed by atoms with Gasteiger partial charge in [-0.05, 0) is 13.1 Å². The zero-order chi connectivity index (χ0) is 12.0. The summed E-state index contributed by atoms with van der Waals surface area (Å²) >= 11 is 0. The summed E-state index contributed by atoms with van der Waals surface area (Å²) in [6, 6.07) is 7.95. The SMILES string of the molecule is COc1ccccc1CN(C)CCC(=N)N. The largest absolute Gasteiger partial charge is 0.496 e. The van der Waals surface area contributed by atoms with E-state index in [1.54, 1.807) is 7.11 Å². The van der Waals surface area contributed by atoms with E-state index in [1.165, 1.54) is 0 Å². The molecule has 1 rings (SSSR count). The molecule has 1 aromatic carbocycles. The number of amidine groups is 1. The fourth-order valence-corrected chi connectivity index (χ4v) is 1.51. The van der Waals surface area contributed by atoms with Crippen LogP contribution in [0.25, 0.3) is 0 Å². The maximum atomic E-state index is 7.17. The van der Waals surface area contributed by atoms with Crippen molar-refractivity contribution in [3.8, 4) is 5.75 Å². The predicted molar refractivity (Wildman–Crippen MR) is 65.9 cm³/mol. The van der Waals surface area contributed by atoms with Crippen LogP contribution < -0.4 is 10.5 Å². The van der Waals surface area contributed by atoms with Crippen molar-refractivity contribution in [2.75, 3.05) is 20.7 Å². The minimum absolute atomic E-state index is 0.229. The van der Waals surface area contributed by atoms with Crippen LogP contribution in [0, 0.1) is 5.41 Å². The zero-order valence-corrected chi connectivity index (χ0v) is 9.86. The Kier molecular flexibility index (Phi) is 4.79. The molecule has 0 saturated carbocycles. The van der Waals surface area contributed by atoms with E-state index in [0.717, 1.165) is 24.4 Å². The fourth-order valence-electron chi connectivity index (χ4n) is 1.51. The quantitative estimate of drug-likeness (QED) is 0.564. The van der Waals surface area contributed by atoms with E-state index in [2.05, 4.69) is 4.90 Å². The molecule has 0 fully saturated rings. The molecule has 0 atom stereocenters. The van der Waals surface area contributed by atoms with Crippen molar-refractivity contribution in [3.05, 3.63) is 29.8 Å². The van der Waals surface area contributed by atoms with Gasteiger partial charge in [0.1, 0.15) is 5.75 Å². The monoisotopic (exact) mass is 221 g/mol. The van der Waals surface area contributed by atoms with E-state index >= 15 is 0 Å². The first-order valence-electron chi connectivity index (χ1n) is 5.27. The summed E-state index contributed by atoms with van der Waals surface area (Å²) in [5, 5.41) is 7.17. The molecule has 0 radical (unpaired) electrons. The lowest BCUT2D eigenvalue weighted by atomic mass is 10.2. The van der Waals surface area contributed by atoms with Gasteiger partial charge in [-0.3, -0.25) is 5.41 Å². The molecule has 4 heteroatoms. The molecule has 4 nitrogen and oxygen atoms in total. The number of nitrogens with one attached hydrogen (secondary N) is 1. The molecule has 0 unspecified atom stereocenters. The van der Waals surface area contributed by atoms with Gasteiger partial charge in [0, 0.05) is 25.1 Å². The van der Waals surface area contributed by atoms with Gasteiger partial charge >= 0.3 is 0 Å². The Morgan fingerprint density at radius 2 is 2.12 bits per heavy atom. The summed E-state index contributed by atoms with van der Waals surface area (Å²) in [6.45, 7) is 1.59. The zero-order valence-electron chi connectivity index (χ0n) is 9.86. The normalized spacial score (nSPS) is 10.4. The summed E-state index contributed by atoms with van der Waals surface area (Å²) in [5.41, 5.74) is 6.47. The third kappa shape index (κ3) is 3.90. The molecule has 0 aliphatic rings. The molecule has 0 amide bonds. The van der Waals surface area contributed by atoms with Crippen LogP contribution in [0.5, 0.6) is 5.75 Å². The van der Waals surface area contributed by atoms with Crippen molar-refractivity contribution < 1.29 is 4.74 Å². The Hall–Kier alpha value is -1.55. The Labute approximate surface area is 96.5 Å². The molecule has 0 aliphatic heterocycles. The number of nitrogens with two attached hydrogens (primary N) is 1. The molecular formula is C12H19N3O. The highest BCUT2D eigenvalue weighted by Crippen LogP contribution is 2.18. The number of ether oxygens (including phenoxy) is 1. The van der Waals surface area contributed by atoms with Crippen LogP contribution in [0.3, 0.4) is 0 Å². The van der Waals surface area contributed by atoms with Crippen molar-refractivity contribution in [2.24, 2.45) is 5.73 Å². The Morgan fingerprint density at radius 1 is 1.44 bits per heavy atom. The smallest absolute Gasteiger partial charge is 0.123 e. The first kappa shape index (κ1) is 12.5. The second kappa shape index (κ2) is 6.12.